The lowest BCUT2D eigenvalue weighted by atomic mass is 10.0. The number of ether oxygens (including phenoxy) is 2. The molecular weight excluding hydrogens is 344 g/mol. The van der Waals surface area contributed by atoms with Crippen molar-refractivity contribution in [2.75, 3.05) is 27.4 Å². The molecule has 2 amide bonds. The highest BCUT2D eigenvalue weighted by atomic mass is 16.5. The quantitative estimate of drug-likeness (QED) is 0.689. The second kappa shape index (κ2) is 10.3. The third-order valence-electron chi connectivity index (χ3n) is 4.20. The summed E-state index contributed by atoms with van der Waals surface area (Å²) in [6.07, 6.45) is 0. The van der Waals surface area contributed by atoms with Crippen LogP contribution in [0.5, 0.6) is 5.75 Å². The minimum Gasteiger partial charge on any atom is -0.497 e. The smallest absolute Gasteiger partial charge is 0.247 e. The molecule has 0 heterocycles. The van der Waals surface area contributed by atoms with Crippen molar-refractivity contribution in [3.8, 4) is 5.75 Å². The predicted molar refractivity (Wildman–Crippen MR) is 103 cm³/mol. The van der Waals surface area contributed by atoms with Crippen LogP contribution in [-0.4, -0.2) is 44.1 Å². The molecule has 0 spiro atoms. The van der Waals surface area contributed by atoms with Crippen LogP contribution in [0, 0.1) is 0 Å². The summed E-state index contributed by atoms with van der Waals surface area (Å²) in [6, 6.07) is 16.0. The van der Waals surface area contributed by atoms with Crippen molar-refractivity contribution in [2.24, 2.45) is 0 Å². The summed E-state index contributed by atoms with van der Waals surface area (Å²) in [7, 11) is 3.18. The molecule has 2 aromatic carbocycles. The molecule has 0 saturated heterocycles. The zero-order valence-electron chi connectivity index (χ0n) is 16.0. The van der Waals surface area contributed by atoms with Crippen molar-refractivity contribution >= 4 is 11.8 Å². The third-order valence-corrected chi connectivity index (χ3v) is 4.20. The molecule has 6 heteroatoms. The highest BCUT2D eigenvalue weighted by Gasteiger charge is 2.29. The predicted octanol–water partition coefficient (Wildman–Crippen LogP) is 2.55. The first-order valence-corrected chi connectivity index (χ1v) is 8.78. The van der Waals surface area contributed by atoms with E-state index in [9.17, 15) is 9.59 Å². The van der Waals surface area contributed by atoms with Gasteiger partial charge in [-0.25, -0.2) is 0 Å². The summed E-state index contributed by atoms with van der Waals surface area (Å²) < 4.78 is 10.2. The number of carbonyl (C=O) groups excluding carboxylic acids is 2. The van der Waals surface area contributed by atoms with E-state index in [1.165, 1.54) is 6.92 Å². The summed E-state index contributed by atoms with van der Waals surface area (Å²) in [4.78, 5) is 26.9. The Morgan fingerprint density at radius 3 is 2.26 bits per heavy atom. The van der Waals surface area contributed by atoms with Crippen molar-refractivity contribution in [3.05, 3.63) is 65.7 Å². The Kier molecular flexibility index (Phi) is 7.82. The molecule has 0 aliphatic carbocycles. The fraction of sp³-hybridized carbons (Fsp3) is 0.333. The van der Waals surface area contributed by atoms with Gasteiger partial charge in [0.15, 0.2) is 0 Å². The zero-order chi connectivity index (χ0) is 19.6. The molecule has 0 radical (unpaired) electrons. The van der Waals surface area contributed by atoms with Crippen LogP contribution in [0.3, 0.4) is 0 Å². The van der Waals surface area contributed by atoms with E-state index < -0.39 is 6.04 Å². The van der Waals surface area contributed by atoms with Crippen molar-refractivity contribution < 1.29 is 19.1 Å². The van der Waals surface area contributed by atoms with E-state index in [1.54, 1.807) is 19.1 Å². The maximum absolute atomic E-state index is 12.9. The minimum atomic E-state index is -0.720. The topological polar surface area (TPSA) is 67.9 Å². The molecule has 1 atom stereocenters. The normalized spacial score (nSPS) is 11.5. The number of carbonyl (C=O) groups is 2. The Balaban J connectivity index is 2.29. The first-order valence-electron chi connectivity index (χ1n) is 8.78. The summed E-state index contributed by atoms with van der Waals surface area (Å²) in [5, 5.41) is 2.84. The number of amides is 2. The van der Waals surface area contributed by atoms with Crippen molar-refractivity contribution in [1.29, 1.82) is 0 Å². The van der Waals surface area contributed by atoms with Gasteiger partial charge >= 0.3 is 0 Å². The maximum Gasteiger partial charge on any atom is 0.247 e. The van der Waals surface area contributed by atoms with Crippen molar-refractivity contribution in [3.63, 3.8) is 0 Å². The monoisotopic (exact) mass is 370 g/mol. The van der Waals surface area contributed by atoms with Gasteiger partial charge in [0.2, 0.25) is 11.8 Å². The van der Waals surface area contributed by atoms with Crippen LogP contribution in [0.25, 0.3) is 0 Å². The van der Waals surface area contributed by atoms with Gasteiger partial charge in [-0.15, -0.1) is 0 Å². The van der Waals surface area contributed by atoms with Gasteiger partial charge in [-0.1, -0.05) is 42.5 Å². The molecule has 0 aliphatic rings. The largest absolute Gasteiger partial charge is 0.497 e. The first-order chi connectivity index (χ1) is 13.1. The molecule has 2 rings (SSSR count). The summed E-state index contributed by atoms with van der Waals surface area (Å²) >= 11 is 0. The van der Waals surface area contributed by atoms with Crippen LogP contribution in [0.1, 0.15) is 24.1 Å². The molecule has 6 nitrogen and oxygen atoms in total. The van der Waals surface area contributed by atoms with E-state index in [0.717, 1.165) is 16.9 Å². The molecule has 0 saturated carbocycles. The van der Waals surface area contributed by atoms with Crippen LogP contribution in [0.4, 0.5) is 0 Å². The van der Waals surface area contributed by atoms with Crippen LogP contribution in [0.15, 0.2) is 54.6 Å². The summed E-state index contributed by atoms with van der Waals surface area (Å²) in [5.74, 6) is 0.327. The average Bonchev–Trinajstić information content (AvgIpc) is 2.69. The third kappa shape index (κ3) is 5.82. The molecule has 1 unspecified atom stereocenters. The standard InChI is InChI=1S/C21H26N2O4/c1-16(24)23(15-17-9-11-19(27-3)12-10-17)20(18-7-5-4-6-8-18)21(25)22-13-14-26-2/h4-12,20H,13-15H2,1-3H3,(H,22,25). The lowest BCUT2D eigenvalue weighted by Gasteiger charge is -2.30. The second-order valence-corrected chi connectivity index (χ2v) is 6.09. The lowest BCUT2D eigenvalue weighted by Crippen LogP contribution is -2.43. The van der Waals surface area contributed by atoms with Gasteiger partial charge < -0.3 is 19.7 Å². The molecule has 0 bridgehead atoms. The van der Waals surface area contributed by atoms with E-state index in [1.807, 2.05) is 54.6 Å². The van der Waals surface area contributed by atoms with Crippen LogP contribution in [-0.2, 0) is 20.9 Å². The van der Waals surface area contributed by atoms with E-state index in [-0.39, 0.29) is 11.8 Å². The number of nitrogens with zero attached hydrogens (tertiary/aromatic N) is 1. The van der Waals surface area contributed by atoms with E-state index in [0.29, 0.717) is 19.7 Å². The fourth-order valence-electron chi connectivity index (χ4n) is 2.79. The minimum absolute atomic E-state index is 0.179. The van der Waals surface area contributed by atoms with Crippen LogP contribution in [0.2, 0.25) is 0 Å². The molecule has 1 N–H and O–H groups in total. The van der Waals surface area contributed by atoms with Gasteiger partial charge in [-0.2, -0.15) is 0 Å². The Morgan fingerprint density at radius 1 is 1.04 bits per heavy atom. The van der Waals surface area contributed by atoms with E-state index in [4.69, 9.17) is 9.47 Å². The van der Waals surface area contributed by atoms with E-state index >= 15 is 0 Å². The molecule has 0 aliphatic heterocycles. The summed E-state index contributed by atoms with van der Waals surface area (Å²) in [5.41, 5.74) is 1.67. The molecule has 0 aromatic heterocycles. The Labute approximate surface area is 160 Å². The van der Waals surface area contributed by atoms with Gasteiger partial charge in [0.05, 0.1) is 13.7 Å². The van der Waals surface area contributed by atoms with Crippen LogP contribution < -0.4 is 10.1 Å². The Hall–Kier alpha value is -2.86. The number of hydrogen-bond acceptors (Lipinski definition) is 4. The Morgan fingerprint density at radius 2 is 1.70 bits per heavy atom. The average molecular weight is 370 g/mol. The van der Waals surface area contributed by atoms with Gasteiger partial charge in [0.25, 0.3) is 0 Å². The summed E-state index contributed by atoms with van der Waals surface area (Å²) in [6.45, 7) is 2.58. The highest BCUT2D eigenvalue weighted by Crippen LogP contribution is 2.24. The SMILES string of the molecule is COCCNC(=O)C(c1ccccc1)N(Cc1ccc(OC)cc1)C(C)=O. The molecular formula is C21H26N2O4. The second-order valence-electron chi connectivity index (χ2n) is 6.09. The van der Waals surface area contributed by atoms with Crippen LogP contribution >= 0.6 is 0 Å². The first kappa shape index (κ1) is 20.5. The van der Waals surface area contributed by atoms with Crippen molar-refractivity contribution in [2.45, 2.75) is 19.5 Å². The van der Waals surface area contributed by atoms with Gasteiger partial charge in [0, 0.05) is 27.1 Å². The van der Waals surface area contributed by atoms with Crippen molar-refractivity contribution in [1.82, 2.24) is 10.2 Å². The van der Waals surface area contributed by atoms with Gasteiger partial charge in [0.1, 0.15) is 11.8 Å². The molecule has 0 fully saturated rings. The molecule has 27 heavy (non-hydrogen) atoms. The zero-order valence-corrected chi connectivity index (χ0v) is 16.0. The lowest BCUT2D eigenvalue weighted by molar-refractivity contribution is -0.140. The number of rotatable bonds is 9. The highest BCUT2D eigenvalue weighted by molar-refractivity contribution is 5.88. The maximum atomic E-state index is 12.9. The fourth-order valence-corrected chi connectivity index (χ4v) is 2.79. The molecule has 144 valence electrons. The van der Waals surface area contributed by atoms with E-state index in [2.05, 4.69) is 5.32 Å². The number of hydrogen-bond donors (Lipinski definition) is 1. The number of nitrogens with one attached hydrogen (secondary N) is 1. The van der Waals surface area contributed by atoms with Gasteiger partial charge in [-0.05, 0) is 23.3 Å². The number of benzene rings is 2. The van der Waals surface area contributed by atoms with Gasteiger partial charge in [-0.3, -0.25) is 9.59 Å². The Bertz CT molecular complexity index is 732. The number of methoxy groups -OCH3 is 2. The molecule has 2 aromatic rings.